The second kappa shape index (κ2) is 10.5. The van der Waals surface area contributed by atoms with Crippen LogP contribution < -0.4 is 5.32 Å². The van der Waals surface area contributed by atoms with E-state index < -0.39 is 0 Å². The molecule has 182 valence electrons. The van der Waals surface area contributed by atoms with Gasteiger partial charge in [-0.05, 0) is 97.8 Å². The predicted octanol–water partition coefficient (Wildman–Crippen LogP) is 7.14. The maximum atomic E-state index is 3.72. The van der Waals surface area contributed by atoms with Crippen molar-refractivity contribution < 1.29 is 0 Å². The van der Waals surface area contributed by atoms with Gasteiger partial charge in [0.1, 0.15) is 0 Å². The highest BCUT2D eigenvalue weighted by Gasteiger charge is 2.13. The Labute approximate surface area is 212 Å². The zero-order chi connectivity index (χ0) is 24.2. The molecule has 3 aromatic heterocycles. The first-order valence-corrected chi connectivity index (χ1v) is 13.2. The van der Waals surface area contributed by atoms with Gasteiger partial charge in [0.2, 0.25) is 0 Å². The van der Waals surface area contributed by atoms with Crippen LogP contribution >= 0.6 is 0 Å². The number of rotatable bonds is 11. The number of fused-ring (bicyclic) bond motifs is 3. The average Bonchev–Trinajstić information content (AvgIpc) is 3.62. The number of hydrogen-bond acceptors (Lipinski definition) is 1. The van der Waals surface area contributed by atoms with Crippen LogP contribution in [-0.4, -0.2) is 28.0 Å². The molecule has 3 aromatic carbocycles. The van der Waals surface area contributed by atoms with E-state index in [1.54, 1.807) is 0 Å². The molecule has 0 aliphatic heterocycles. The molecule has 0 spiro atoms. The van der Waals surface area contributed by atoms with E-state index in [1.807, 2.05) is 0 Å². The average molecular weight is 475 g/mol. The Morgan fingerprint density at radius 3 is 2.08 bits per heavy atom. The second-order valence-corrected chi connectivity index (χ2v) is 10.0. The number of H-pyrrole nitrogens is 3. The lowest BCUT2D eigenvalue weighted by molar-refractivity contribution is 0.429. The van der Waals surface area contributed by atoms with E-state index in [0.29, 0.717) is 5.92 Å². The summed E-state index contributed by atoms with van der Waals surface area (Å²) in [6.45, 7) is 2.04. The molecule has 0 radical (unpaired) electrons. The van der Waals surface area contributed by atoms with Crippen molar-refractivity contribution in [1.82, 2.24) is 20.3 Å². The summed E-state index contributed by atoms with van der Waals surface area (Å²) < 4.78 is 0. The van der Waals surface area contributed by atoms with E-state index in [9.17, 15) is 0 Å². The predicted molar refractivity (Wildman–Crippen MR) is 152 cm³/mol. The molecule has 0 bridgehead atoms. The number of nitrogens with one attached hydrogen (secondary N) is 4. The van der Waals surface area contributed by atoms with Gasteiger partial charge in [-0.25, -0.2) is 0 Å². The Morgan fingerprint density at radius 1 is 0.639 bits per heavy atom. The summed E-state index contributed by atoms with van der Waals surface area (Å²) in [4.78, 5) is 10.7. The minimum absolute atomic E-state index is 0.616. The van der Waals surface area contributed by atoms with Gasteiger partial charge in [-0.1, -0.05) is 54.6 Å². The Hall–Kier alpha value is -3.76. The molecule has 36 heavy (non-hydrogen) atoms. The fourth-order valence-electron chi connectivity index (χ4n) is 5.52. The number of hydrogen-bond donors (Lipinski definition) is 4. The van der Waals surface area contributed by atoms with Crippen LogP contribution in [0.3, 0.4) is 0 Å². The highest BCUT2D eigenvalue weighted by Crippen LogP contribution is 2.23. The first kappa shape index (κ1) is 22.7. The number of para-hydroxylation sites is 3. The first-order chi connectivity index (χ1) is 17.8. The highest BCUT2D eigenvalue weighted by atomic mass is 14.8. The van der Waals surface area contributed by atoms with Crippen LogP contribution in [0.1, 0.15) is 29.8 Å². The van der Waals surface area contributed by atoms with Crippen LogP contribution in [0.25, 0.3) is 32.7 Å². The molecule has 0 aliphatic rings. The van der Waals surface area contributed by atoms with Gasteiger partial charge in [-0.15, -0.1) is 0 Å². The minimum atomic E-state index is 0.616. The van der Waals surface area contributed by atoms with E-state index in [4.69, 9.17) is 0 Å². The third-order valence-electron chi connectivity index (χ3n) is 7.48. The highest BCUT2D eigenvalue weighted by molar-refractivity contribution is 5.83. The van der Waals surface area contributed by atoms with Crippen molar-refractivity contribution >= 4 is 32.7 Å². The molecule has 1 unspecified atom stereocenters. The minimum Gasteiger partial charge on any atom is -0.361 e. The fourth-order valence-corrected chi connectivity index (χ4v) is 5.52. The molecule has 4 nitrogen and oxygen atoms in total. The SMILES string of the molecule is c1ccc2[nH]c(CCC(CCNCCc3c[nH]c4ccccc34)Cc3cc4ccccc4[nH]3)cc2c1. The molecule has 3 heterocycles. The lowest BCUT2D eigenvalue weighted by Gasteiger charge is -2.16. The van der Waals surface area contributed by atoms with Crippen molar-refractivity contribution in [2.75, 3.05) is 13.1 Å². The topological polar surface area (TPSA) is 59.4 Å². The molecule has 6 rings (SSSR count). The van der Waals surface area contributed by atoms with Crippen molar-refractivity contribution in [3.05, 3.63) is 108 Å². The molecule has 0 amide bonds. The summed E-state index contributed by atoms with van der Waals surface area (Å²) in [5.74, 6) is 0.616. The first-order valence-electron chi connectivity index (χ1n) is 13.2. The quantitative estimate of drug-likeness (QED) is 0.148. The van der Waals surface area contributed by atoms with Gasteiger partial charge >= 0.3 is 0 Å². The molecular weight excluding hydrogens is 440 g/mol. The van der Waals surface area contributed by atoms with Gasteiger partial charge < -0.3 is 20.3 Å². The van der Waals surface area contributed by atoms with Gasteiger partial charge in [-0.2, -0.15) is 0 Å². The van der Waals surface area contributed by atoms with E-state index in [0.717, 1.165) is 32.4 Å². The van der Waals surface area contributed by atoms with Gasteiger partial charge in [0, 0.05) is 39.5 Å². The number of aromatic nitrogens is 3. The third kappa shape index (κ3) is 5.09. The van der Waals surface area contributed by atoms with Crippen LogP contribution in [0.5, 0.6) is 0 Å². The molecule has 1 atom stereocenters. The molecule has 4 N–H and O–H groups in total. The molecule has 0 saturated carbocycles. The molecular formula is C32H34N4. The van der Waals surface area contributed by atoms with Crippen LogP contribution in [0.4, 0.5) is 0 Å². The Balaban J connectivity index is 1.08. The smallest absolute Gasteiger partial charge is 0.0456 e. The normalized spacial score (nSPS) is 12.7. The summed E-state index contributed by atoms with van der Waals surface area (Å²) >= 11 is 0. The van der Waals surface area contributed by atoms with Crippen molar-refractivity contribution in [2.24, 2.45) is 5.92 Å². The number of benzene rings is 3. The van der Waals surface area contributed by atoms with Crippen LogP contribution in [0, 0.1) is 5.92 Å². The van der Waals surface area contributed by atoms with Gasteiger partial charge in [-0.3, -0.25) is 0 Å². The largest absolute Gasteiger partial charge is 0.361 e. The fraction of sp³-hybridized carbons (Fsp3) is 0.250. The van der Waals surface area contributed by atoms with Gasteiger partial charge in [0.15, 0.2) is 0 Å². The molecule has 0 saturated heterocycles. The maximum absolute atomic E-state index is 3.72. The summed E-state index contributed by atoms with van der Waals surface area (Å²) in [6.07, 6.45) is 7.71. The van der Waals surface area contributed by atoms with Crippen LogP contribution in [0.15, 0.2) is 91.1 Å². The standard InChI is InChI=1S/C32H34N4/c1-4-10-30-24(7-1)20-27(35-30)14-13-23(19-28-21-25-8-2-5-11-31(25)36-28)15-17-33-18-16-26-22-34-32-12-6-3-9-29(26)32/h1-12,20-23,33-36H,13-19H2. The Bertz CT molecular complexity index is 1500. The number of aromatic amines is 3. The van der Waals surface area contributed by atoms with Crippen molar-refractivity contribution in [2.45, 2.75) is 32.1 Å². The third-order valence-corrected chi connectivity index (χ3v) is 7.48. The van der Waals surface area contributed by atoms with Gasteiger partial charge in [0.25, 0.3) is 0 Å². The monoisotopic (exact) mass is 474 g/mol. The van der Waals surface area contributed by atoms with E-state index in [2.05, 4.69) is 111 Å². The Kier molecular flexibility index (Phi) is 6.60. The molecule has 6 aromatic rings. The van der Waals surface area contributed by atoms with Crippen molar-refractivity contribution in [1.29, 1.82) is 0 Å². The zero-order valence-corrected chi connectivity index (χ0v) is 20.7. The summed E-state index contributed by atoms with van der Waals surface area (Å²) in [5, 5.41) is 7.67. The van der Waals surface area contributed by atoms with E-state index >= 15 is 0 Å². The lowest BCUT2D eigenvalue weighted by Crippen LogP contribution is -2.22. The summed E-state index contributed by atoms with van der Waals surface area (Å²) in [6, 6.07) is 30.4. The van der Waals surface area contributed by atoms with E-state index in [1.165, 1.54) is 62.5 Å². The molecule has 0 aliphatic carbocycles. The second-order valence-electron chi connectivity index (χ2n) is 10.0. The maximum Gasteiger partial charge on any atom is 0.0456 e. The van der Waals surface area contributed by atoms with E-state index in [-0.39, 0.29) is 0 Å². The zero-order valence-electron chi connectivity index (χ0n) is 20.7. The van der Waals surface area contributed by atoms with Crippen LogP contribution in [-0.2, 0) is 19.3 Å². The van der Waals surface area contributed by atoms with Crippen molar-refractivity contribution in [3.63, 3.8) is 0 Å². The molecule has 4 heteroatoms. The summed E-state index contributed by atoms with van der Waals surface area (Å²) in [5.41, 5.74) is 7.77. The Morgan fingerprint density at radius 2 is 1.31 bits per heavy atom. The lowest BCUT2D eigenvalue weighted by atomic mass is 9.93. The number of aryl methyl sites for hydroxylation is 1. The molecule has 0 fully saturated rings. The van der Waals surface area contributed by atoms with Gasteiger partial charge in [0.05, 0.1) is 0 Å². The summed E-state index contributed by atoms with van der Waals surface area (Å²) in [7, 11) is 0. The van der Waals surface area contributed by atoms with Crippen LogP contribution in [0.2, 0.25) is 0 Å². The van der Waals surface area contributed by atoms with Crippen molar-refractivity contribution in [3.8, 4) is 0 Å².